The number of fused-ring (bicyclic) bond motifs is 1. The summed E-state index contributed by atoms with van der Waals surface area (Å²) in [6.45, 7) is 2.92. The summed E-state index contributed by atoms with van der Waals surface area (Å²) in [7, 11) is 0. The quantitative estimate of drug-likeness (QED) is 0.690. The zero-order valence-corrected chi connectivity index (χ0v) is 7.90. The molecule has 2 N–H and O–H groups in total. The number of halogens is 1. The highest BCUT2D eigenvalue weighted by Crippen LogP contribution is 2.32. The smallest absolute Gasteiger partial charge is 0.282 e. The number of aliphatic hydroxyl groups is 1. The highest BCUT2D eigenvalue weighted by molar-refractivity contribution is 5.91. The van der Waals surface area contributed by atoms with Crippen molar-refractivity contribution in [3.63, 3.8) is 0 Å². The van der Waals surface area contributed by atoms with Crippen LogP contribution in [0.5, 0.6) is 0 Å². The van der Waals surface area contributed by atoms with Gasteiger partial charge in [0.1, 0.15) is 0 Å². The predicted molar refractivity (Wildman–Crippen MR) is 49.2 cm³/mol. The summed E-state index contributed by atoms with van der Waals surface area (Å²) in [6.07, 6.45) is 1.53. The molecule has 0 aromatic carbocycles. The van der Waals surface area contributed by atoms with Crippen LogP contribution in [0.2, 0.25) is 0 Å². The average Bonchev–Trinajstić information content (AvgIpc) is 2.74. The van der Waals surface area contributed by atoms with Gasteiger partial charge >= 0.3 is 0 Å². The van der Waals surface area contributed by atoms with E-state index in [9.17, 15) is 9.18 Å². The molecule has 1 aliphatic heterocycles. The summed E-state index contributed by atoms with van der Waals surface area (Å²) < 4.78 is 12.7. The standard InChI is InChI=1S/C9H10FN3O2/c1-5(10)9(15)13-3-7-6(2-11-12-7)8(13)4-14/h2,8,14H,1,3-4H2,(H,11,12). The van der Waals surface area contributed by atoms with Gasteiger partial charge in [0.05, 0.1) is 31.1 Å². The fourth-order valence-electron chi connectivity index (χ4n) is 1.75. The van der Waals surface area contributed by atoms with Gasteiger partial charge in [-0.2, -0.15) is 5.10 Å². The fourth-order valence-corrected chi connectivity index (χ4v) is 1.75. The molecule has 5 nitrogen and oxygen atoms in total. The molecule has 2 heterocycles. The molecule has 1 aliphatic rings. The van der Waals surface area contributed by atoms with E-state index in [0.717, 1.165) is 11.3 Å². The van der Waals surface area contributed by atoms with E-state index in [-0.39, 0.29) is 13.2 Å². The first-order valence-electron chi connectivity index (χ1n) is 4.43. The van der Waals surface area contributed by atoms with Crippen LogP contribution in [-0.4, -0.2) is 32.7 Å². The molecular weight excluding hydrogens is 201 g/mol. The van der Waals surface area contributed by atoms with E-state index in [1.54, 1.807) is 0 Å². The summed E-state index contributed by atoms with van der Waals surface area (Å²) in [5.41, 5.74) is 1.45. The maximum atomic E-state index is 12.7. The van der Waals surface area contributed by atoms with E-state index in [0.29, 0.717) is 0 Å². The van der Waals surface area contributed by atoms with Gasteiger partial charge in [-0.05, 0) is 0 Å². The zero-order valence-electron chi connectivity index (χ0n) is 7.90. The number of amides is 1. The van der Waals surface area contributed by atoms with Crippen LogP contribution in [-0.2, 0) is 11.3 Å². The van der Waals surface area contributed by atoms with Crippen LogP contribution in [0.15, 0.2) is 18.6 Å². The molecule has 1 unspecified atom stereocenters. The summed E-state index contributed by atoms with van der Waals surface area (Å²) in [4.78, 5) is 12.6. The Morgan fingerprint density at radius 1 is 1.87 bits per heavy atom. The molecule has 1 amide bonds. The lowest BCUT2D eigenvalue weighted by atomic mass is 10.1. The minimum atomic E-state index is -1.02. The number of carbonyl (C=O) groups is 1. The molecule has 0 radical (unpaired) electrons. The molecular formula is C9H10FN3O2. The predicted octanol–water partition coefficient (Wildman–Crippen LogP) is 0.269. The lowest BCUT2D eigenvalue weighted by molar-refractivity contribution is -0.131. The Bertz CT molecular complexity index is 415. The molecule has 80 valence electrons. The highest BCUT2D eigenvalue weighted by Gasteiger charge is 2.35. The minimum absolute atomic E-state index is 0.225. The van der Waals surface area contributed by atoms with Crippen LogP contribution in [0, 0.1) is 0 Å². The van der Waals surface area contributed by atoms with Gasteiger partial charge in [0.25, 0.3) is 5.91 Å². The number of hydrogen-bond donors (Lipinski definition) is 2. The second-order valence-corrected chi connectivity index (χ2v) is 3.34. The van der Waals surface area contributed by atoms with Gasteiger partial charge in [-0.1, -0.05) is 6.58 Å². The number of carbonyl (C=O) groups excluding carboxylic acids is 1. The summed E-state index contributed by atoms with van der Waals surface area (Å²) in [5.74, 6) is -1.81. The molecule has 0 saturated carbocycles. The second kappa shape index (κ2) is 3.47. The molecule has 1 aromatic rings. The van der Waals surface area contributed by atoms with Crippen molar-refractivity contribution >= 4 is 5.91 Å². The monoisotopic (exact) mass is 211 g/mol. The van der Waals surface area contributed by atoms with Gasteiger partial charge in [0.15, 0.2) is 5.83 Å². The molecule has 0 spiro atoms. The SMILES string of the molecule is C=C(F)C(=O)N1Cc2[nH]ncc2C1CO. The third-order valence-electron chi connectivity index (χ3n) is 2.48. The first kappa shape index (κ1) is 9.85. The third kappa shape index (κ3) is 1.42. The number of nitrogens with zero attached hydrogens (tertiary/aromatic N) is 2. The van der Waals surface area contributed by atoms with E-state index in [4.69, 9.17) is 5.11 Å². The Morgan fingerprint density at radius 3 is 3.20 bits per heavy atom. The maximum Gasteiger partial charge on any atom is 0.282 e. The van der Waals surface area contributed by atoms with E-state index in [1.807, 2.05) is 0 Å². The molecule has 0 saturated heterocycles. The van der Waals surface area contributed by atoms with Gasteiger partial charge in [0, 0.05) is 5.56 Å². The highest BCUT2D eigenvalue weighted by atomic mass is 19.1. The zero-order chi connectivity index (χ0) is 11.0. The Kier molecular flexibility index (Phi) is 2.28. The fraction of sp³-hybridized carbons (Fsp3) is 0.333. The van der Waals surface area contributed by atoms with Gasteiger partial charge in [-0.3, -0.25) is 9.89 Å². The van der Waals surface area contributed by atoms with Crippen molar-refractivity contribution in [3.8, 4) is 0 Å². The first-order chi connectivity index (χ1) is 7.15. The van der Waals surface area contributed by atoms with Crippen molar-refractivity contribution in [1.82, 2.24) is 15.1 Å². The normalized spacial score (nSPS) is 19.1. The number of hydrogen-bond acceptors (Lipinski definition) is 3. The van der Waals surface area contributed by atoms with Crippen molar-refractivity contribution in [2.24, 2.45) is 0 Å². The van der Waals surface area contributed by atoms with Crippen molar-refractivity contribution in [2.45, 2.75) is 12.6 Å². The first-order valence-corrected chi connectivity index (χ1v) is 4.43. The summed E-state index contributed by atoms with van der Waals surface area (Å²) in [6, 6.07) is -0.529. The Morgan fingerprint density at radius 2 is 2.60 bits per heavy atom. The van der Waals surface area contributed by atoms with E-state index < -0.39 is 17.8 Å². The molecule has 0 aliphatic carbocycles. The van der Waals surface area contributed by atoms with Crippen LogP contribution >= 0.6 is 0 Å². The molecule has 0 bridgehead atoms. The largest absolute Gasteiger partial charge is 0.394 e. The number of rotatable bonds is 2. The number of aromatic nitrogens is 2. The van der Waals surface area contributed by atoms with Crippen LogP contribution in [0.1, 0.15) is 17.3 Å². The molecule has 2 rings (SSSR count). The number of aromatic amines is 1. The number of aliphatic hydroxyl groups excluding tert-OH is 1. The third-order valence-corrected chi connectivity index (χ3v) is 2.48. The summed E-state index contributed by atoms with van der Waals surface area (Å²) in [5, 5.41) is 15.6. The molecule has 6 heteroatoms. The summed E-state index contributed by atoms with van der Waals surface area (Å²) >= 11 is 0. The Balaban J connectivity index is 2.28. The van der Waals surface area contributed by atoms with Crippen LogP contribution < -0.4 is 0 Å². The van der Waals surface area contributed by atoms with Gasteiger partial charge in [0.2, 0.25) is 0 Å². The van der Waals surface area contributed by atoms with Crippen molar-refractivity contribution in [3.05, 3.63) is 29.9 Å². The molecule has 1 atom stereocenters. The second-order valence-electron chi connectivity index (χ2n) is 3.34. The maximum absolute atomic E-state index is 12.7. The van der Waals surface area contributed by atoms with Crippen LogP contribution in [0.3, 0.4) is 0 Å². The van der Waals surface area contributed by atoms with Gasteiger partial charge in [-0.25, -0.2) is 4.39 Å². The Hall–Kier alpha value is -1.69. The number of H-pyrrole nitrogens is 1. The van der Waals surface area contributed by atoms with Gasteiger partial charge in [-0.15, -0.1) is 0 Å². The van der Waals surface area contributed by atoms with E-state index >= 15 is 0 Å². The Labute approximate surface area is 85.2 Å². The van der Waals surface area contributed by atoms with Gasteiger partial charge < -0.3 is 10.0 Å². The minimum Gasteiger partial charge on any atom is -0.394 e. The van der Waals surface area contributed by atoms with Crippen LogP contribution in [0.4, 0.5) is 4.39 Å². The number of nitrogens with one attached hydrogen (secondary N) is 1. The lowest BCUT2D eigenvalue weighted by Crippen LogP contribution is -2.31. The van der Waals surface area contributed by atoms with Crippen LogP contribution in [0.25, 0.3) is 0 Å². The topological polar surface area (TPSA) is 69.2 Å². The lowest BCUT2D eigenvalue weighted by Gasteiger charge is -2.22. The molecule has 1 aromatic heterocycles. The van der Waals surface area contributed by atoms with Crippen molar-refractivity contribution in [2.75, 3.05) is 6.61 Å². The molecule has 15 heavy (non-hydrogen) atoms. The van der Waals surface area contributed by atoms with Crippen molar-refractivity contribution < 1.29 is 14.3 Å². The van der Waals surface area contributed by atoms with E-state index in [2.05, 4.69) is 16.8 Å². The van der Waals surface area contributed by atoms with Crippen molar-refractivity contribution in [1.29, 1.82) is 0 Å². The molecule has 0 fully saturated rings. The van der Waals surface area contributed by atoms with E-state index in [1.165, 1.54) is 11.1 Å². The average molecular weight is 211 g/mol.